The number of amides is 1. The number of aryl methyl sites for hydroxylation is 1. The van der Waals surface area contributed by atoms with Gasteiger partial charge in [-0.15, -0.1) is 0 Å². The van der Waals surface area contributed by atoms with Gasteiger partial charge in [-0.25, -0.2) is 14.8 Å². The first kappa shape index (κ1) is 16.1. The molecule has 0 aromatic carbocycles. The van der Waals surface area contributed by atoms with E-state index in [2.05, 4.69) is 9.97 Å². The van der Waals surface area contributed by atoms with E-state index in [1.807, 2.05) is 23.9 Å². The molecule has 3 N–H and O–H groups in total. The fraction of sp³-hybridized carbons (Fsp3) is 0.438. The standard InChI is InChI=1S/C16H21N5O3/c1-20-8-13(19-10-20)12-6-14(15(17)18-7-12)24-9-11-2-4-21(5-3-11)16(22)23/h6-8,10-11H,2-5,9H2,1H3,(H2,17,18)(H,22,23). The number of piperidine rings is 1. The van der Waals surface area contributed by atoms with E-state index in [0.29, 0.717) is 37.2 Å². The Morgan fingerprint density at radius 3 is 2.79 bits per heavy atom. The minimum atomic E-state index is -0.856. The minimum Gasteiger partial charge on any atom is -0.489 e. The molecule has 8 heteroatoms. The van der Waals surface area contributed by atoms with Gasteiger partial charge in [0.15, 0.2) is 11.6 Å². The van der Waals surface area contributed by atoms with Crippen molar-refractivity contribution in [3.05, 3.63) is 24.8 Å². The molecule has 1 aliphatic rings. The number of likely N-dealkylation sites (tertiary alicyclic amines) is 1. The fourth-order valence-electron chi connectivity index (χ4n) is 2.77. The molecule has 24 heavy (non-hydrogen) atoms. The highest BCUT2D eigenvalue weighted by molar-refractivity contribution is 5.65. The third-order valence-corrected chi connectivity index (χ3v) is 4.24. The molecule has 0 atom stereocenters. The van der Waals surface area contributed by atoms with Gasteiger partial charge in [-0.2, -0.15) is 0 Å². The summed E-state index contributed by atoms with van der Waals surface area (Å²) < 4.78 is 7.72. The molecule has 128 valence electrons. The van der Waals surface area contributed by atoms with E-state index < -0.39 is 6.09 Å². The number of rotatable bonds is 4. The SMILES string of the molecule is Cn1cnc(-c2cnc(N)c(OCC3CCN(C(=O)O)CC3)c2)c1. The molecule has 0 spiro atoms. The number of aromatic nitrogens is 3. The average Bonchev–Trinajstić information content (AvgIpc) is 3.01. The van der Waals surface area contributed by atoms with E-state index in [9.17, 15) is 4.79 Å². The van der Waals surface area contributed by atoms with Gasteiger partial charge in [-0.1, -0.05) is 0 Å². The molecule has 0 saturated carbocycles. The number of anilines is 1. The number of nitrogens with two attached hydrogens (primary N) is 1. The smallest absolute Gasteiger partial charge is 0.407 e. The monoisotopic (exact) mass is 331 g/mol. The molecular formula is C16H21N5O3. The highest BCUT2D eigenvalue weighted by Crippen LogP contribution is 2.27. The molecule has 1 amide bonds. The highest BCUT2D eigenvalue weighted by Gasteiger charge is 2.23. The van der Waals surface area contributed by atoms with Gasteiger partial charge in [0.2, 0.25) is 0 Å². The van der Waals surface area contributed by atoms with E-state index in [-0.39, 0.29) is 0 Å². The Balaban J connectivity index is 1.62. The summed E-state index contributed by atoms with van der Waals surface area (Å²) in [5.74, 6) is 1.20. The van der Waals surface area contributed by atoms with Crippen molar-refractivity contribution in [1.29, 1.82) is 0 Å². The van der Waals surface area contributed by atoms with Crippen molar-refractivity contribution < 1.29 is 14.6 Å². The predicted octanol–water partition coefficient (Wildman–Crippen LogP) is 1.83. The summed E-state index contributed by atoms with van der Waals surface area (Å²) in [4.78, 5) is 20.8. The number of nitrogens with zero attached hydrogens (tertiary/aromatic N) is 4. The Labute approximate surface area is 139 Å². The molecule has 8 nitrogen and oxygen atoms in total. The molecule has 0 radical (unpaired) electrons. The van der Waals surface area contributed by atoms with E-state index >= 15 is 0 Å². The van der Waals surface area contributed by atoms with Crippen LogP contribution >= 0.6 is 0 Å². The Hall–Kier alpha value is -2.77. The third kappa shape index (κ3) is 3.58. The second-order valence-corrected chi connectivity index (χ2v) is 6.06. The Morgan fingerprint density at radius 1 is 1.42 bits per heavy atom. The number of hydrogen-bond acceptors (Lipinski definition) is 5. The van der Waals surface area contributed by atoms with Crippen LogP contribution in [-0.4, -0.2) is 50.3 Å². The van der Waals surface area contributed by atoms with E-state index in [0.717, 1.165) is 24.1 Å². The summed E-state index contributed by atoms with van der Waals surface area (Å²) in [6, 6.07) is 1.84. The normalized spacial score (nSPS) is 15.5. The summed E-state index contributed by atoms with van der Waals surface area (Å²) in [7, 11) is 1.90. The van der Waals surface area contributed by atoms with Crippen LogP contribution in [0.2, 0.25) is 0 Å². The molecule has 1 saturated heterocycles. The van der Waals surface area contributed by atoms with E-state index in [4.69, 9.17) is 15.6 Å². The molecule has 1 fully saturated rings. The topological polar surface area (TPSA) is 107 Å². The maximum atomic E-state index is 10.9. The zero-order chi connectivity index (χ0) is 17.1. The van der Waals surface area contributed by atoms with Gasteiger partial charge in [0.25, 0.3) is 0 Å². The molecule has 0 unspecified atom stereocenters. The minimum absolute atomic E-state index is 0.318. The van der Waals surface area contributed by atoms with Crippen molar-refractivity contribution in [3.63, 3.8) is 0 Å². The summed E-state index contributed by atoms with van der Waals surface area (Å²) in [6.45, 7) is 1.60. The van der Waals surface area contributed by atoms with Crippen LogP contribution in [0.1, 0.15) is 12.8 Å². The Kier molecular flexibility index (Phi) is 4.54. The van der Waals surface area contributed by atoms with Crippen LogP contribution in [0.25, 0.3) is 11.3 Å². The van der Waals surface area contributed by atoms with Crippen molar-refractivity contribution in [2.75, 3.05) is 25.4 Å². The first-order valence-corrected chi connectivity index (χ1v) is 7.87. The molecule has 2 aromatic heterocycles. The molecule has 0 bridgehead atoms. The van der Waals surface area contributed by atoms with Crippen LogP contribution in [0.15, 0.2) is 24.8 Å². The van der Waals surface area contributed by atoms with Crippen LogP contribution in [0.3, 0.4) is 0 Å². The fourth-order valence-corrected chi connectivity index (χ4v) is 2.77. The summed E-state index contributed by atoms with van der Waals surface area (Å²) in [5.41, 5.74) is 7.56. The Morgan fingerprint density at radius 2 is 2.17 bits per heavy atom. The van der Waals surface area contributed by atoms with Crippen molar-refractivity contribution in [3.8, 4) is 17.0 Å². The average molecular weight is 331 g/mol. The second-order valence-electron chi connectivity index (χ2n) is 6.06. The predicted molar refractivity (Wildman–Crippen MR) is 88.7 cm³/mol. The summed E-state index contributed by atoms with van der Waals surface area (Å²) in [5, 5.41) is 8.97. The van der Waals surface area contributed by atoms with Gasteiger partial charge in [0.05, 0.1) is 18.6 Å². The van der Waals surface area contributed by atoms with Gasteiger partial charge >= 0.3 is 6.09 Å². The molecule has 3 heterocycles. The number of carboxylic acid groups (broad SMARTS) is 1. The molecular weight excluding hydrogens is 310 g/mol. The number of nitrogen functional groups attached to an aromatic ring is 1. The maximum Gasteiger partial charge on any atom is 0.407 e. The molecule has 2 aromatic rings. The zero-order valence-electron chi connectivity index (χ0n) is 13.6. The van der Waals surface area contributed by atoms with Crippen LogP contribution < -0.4 is 10.5 Å². The van der Waals surface area contributed by atoms with Gasteiger partial charge in [-0.05, 0) is 24.8 Å². The lowest BCUT2D eigenvalue weighted by Gasteiger charge is -2.29. The largest absolute Gasteiger partial charge is 0.489 e. The lowest BCUT2D eigenvalue weighted by Crippen LogP contribution is -2.38. The number of ether oxygens (including phenoxy) is 1. The summed E-state index contributed by atoms with van der Waals surface area (Å²) in [6.07, 6.45) is 6.03. The van der Waals surface area contributed by atoms with Gasteiger partial charge < -0.3 is 25.0 Å². The van der Waals surface area contributed by atoms with Crippen molar-refractivity contribution >= 4 is 11.9 Å². The number of imidazole rings is 1. The molecule has 1 aliphatic heterocycles. The van der Waals surface area contributed by atoms with Gasteiger partial charge in [0.1, 0.15) is 0 Å². The Bertz CT molecular complexity index is 722. The van der Waals surface area contributed by atoms with Crippen molar-refractivity contribution in [1.82, 2.24) is 19.4 Å². The second kappa shape index (κ2) is 6.77. The van der Waals surface area contributed by atoms with E-state index in [1.165, 1.54) is 4.90 Å². The summed E-state index contributed by atoms with van der Waals surface area (Å²) >= 11 is 0. The molecule has 3 rings (SSSR count). The molecule has 0 aliphatic carbocycles. The zero-order valence-corrected chi connectivity index (χ0v) is 13.6. The van der Waals surface area contributed by atoms with Crippen LogP contribution in [0.5, 0.6) is 5.75 Å². The lowest BCUT2D eigenvalue weighted by atomic mass is 9.98. The van der Waals surface area contributed by atoms with Crippen LogP contribution in [0, 0.1) is 5.92 Å². The lowest BCUT2D eigenvalue weighted by molar-refractivity contribution is 0.112. The number of hydrogen-bond donors (Lipinski definition) is 2. The number of pyridine rings is 1. The van der Waals surface area contributed by atoms with Gasteiger partial charge in [0, 0.05) is 38.1 Å². The maximum absolute atomic E-state index is 10.9. The van der Waals surface area contributed by atoms with Crippen LogP contribution in [0.4, 0.5) is 10.6 Å². The van der Waals surface area contributed by atoms with Crippen molar-refractivity contribution in [2.24, 2.45) is 13.0 Å². The quantitative estimate of drug-likeness (QED) is 0.885. The van der Waals surface area contributed by atoms with Crippen LogP contribution in [-0.2, 0) is 7.05 Å². The third-order valence-electron chi connectivity index (χ3n) is 4.24. The van der Waals surface area contributed by atoms with Crippen molar-refractivity contribution in [2.45, 2.75) is 12.8 Å². The first-order valence-electron chi connectivity index (χ1n) is 7.87. The first-order chi connectivity index (χ1) is 11.5. The van der Waals surface area contributed by atoms with Gasteiger partial charge in [-0.3, -0.25) is 0 Å². The highest BCUT2D eigenvalue weighted by atomic mass is 16.5. The van der Waals surface area contributed by atoms with E-state index in [1.54, 1.807) is 12.5 Å². The number of carbonyl (C=O) groups is 1.